The number of hydrogen-bond donors (Lipinski definition) is 1. The fourth-order valence-electron chi connectivity index (χ4n) is 5.96. The summed E-state index contributed by atoms with van der Waals surface area (Å²) >= 11 is 0. The van der Waals surface area contributed by atoms with Crippen LogP contribution in [0.4, 0.5) is 23.2 Å². The van der Waals surface area contributed by atoms with Gasteiger partial charge in [0.1, 0.15) is 29.0 Å². The number of amides is 1. The van der Waals surface area contributed by atoms with Crippen LogP contribution in [0, 0.1) is 23.3 Å². The lowest BCUT2D eigenvalue weighted by molar-refractivity contribution is -0.142. The Morgan fingerprint density at radius 3 is 2.04 bits per heavy atom. The van der Waals surface area contributed by atoms with Crippen LogP contribution < -0.4 is 10.5 Å². The van der Waals surface area contributed by atoms with E-state index < -0.39 is 63.8 Å². The van der Waals surface area contributed by atoms with Gasteiger partial charge in [-0.2, -0.15) is 0 Å². The number of piperazine rings is 1. The number of hydrogen-bond acceptors (Lipinski definition) is 5. The molecule has 1 N–H and O–H groups in total. The van der Waals surface area contributed by atoms with Gasteiger partial charge < -0.3 is 19.5 Å². The molecule has 6 rings (SSSR count). The molecule has 254 valence electrons. The monoisotopic (exact) mass is 681 g/mol. The summed E-state index contributed by atoms with van der Waals surface area (Å²) in [6.07, 6.45) is 1.46. The van der Waals surface area contributed by atoms with Gasteiger partial charge in [-0.1, -0.05) is 54.6 Å². The maximum atomic E-state index is 14.5. The molecular formula is C39H31F4N3O4. The SMILES string of the molecule is O=C(C=C(O)c1cc(Cc2c(F)cc(F)cc2F)cn(Cc2cccc(F)c2)c1=O)C(=O)N1CCN(c2ccc(-c3ccccc3)cc2)CC1. The van der Waals surface area contributed by atoms with Crippen LogP contribution >= 0.6 is 0 Å². The molecule has 1 fully saturated rings. The van der Waals surface area contributed by atoms with Crippen LogP contribution in [0.3, 0.4) is 0 Å². The average Bonchev–Trinajstić information content (AvgIpc) is 3.11. The fourth-order valence-corrected chi connectivity index (χ4v) is 5.96. The first kappa shape index (κ1) is 33.9. The molecule has 7 nitrogen and oxygen atoms in total. The lowest BCUT2D eigenvalue weighted by atomic mass is 10.0. The van der Waals surface area contributed by atoms with Crippen LogP contribution in [0.5, 0.6) is 0 Å². The summed E-state index contributed by atoms with van der Waals surface area (Å²) < 4.78 is 57.6. The number of carbonyl (C=O) groups is 2. The van der Waals surface area contributed by atoms with Crippen LogP contribution in [0.1, 0.15) is 22.3 Å². The van der Waals surface area contributed by atoms with Gasteiger partial charge in [-0.25, -0.2) is 17.6 Å². The Balaban J connectivity index is 1.20. The van der Waals surface area contributed by atoms with E-state index in [0.29, 0.717) is 36.9 Å². The van der Waals surface area contributed by atoms with Gasteiger partial charge >= 0.3 is 0 Å². The number of aromatic nitrogens is 1. The molecule has 0 spiro atoms. The van der Waals surface area contributed by atoms with Gasteiger partial charge in [0.05, 0.1) is 12.1 Å². The number of pyridine rings is 1. The highest BCUT2D eigenvalue weighted by Gasteiger charge is 2.26. The molecule has 1 aliphatic heterocycles. The molecule has 2 heterocycles. The predicted molar refractivity (Wildman–Crippen MR) is 182 cm³/mol. The van der Waals surface area contributed by atoms with Crippen molar-refractivity contribution in [2.45, 2.75) is 13.0 Å². The van der Waals surface area contributed by atoms with Gasteiger partial charge in [0.25, 0.3) is 11.5 Å². The van der Waals surface area contributed by atoms with Gasteiger partial charge in [-0.15, -0.1) is 0 Å². The topological polar surface area (TPSA) is 82.8 Å². The van der Waals surface area contributed by atoms with E-state index in [1.165, 1.54) is 29.3 Å². The Labute approximate surface area is 285 Å². The zero-order valence-electron chi connectivity index (χ0n) is 26.7. The van der Waals surface area contributed by atoms with Crippen LogP contribution in [0.15, 0.2) is 114 Å². The highest BCUT2D eigenvalue weighted by Crippen LogP contribution is 2.24. The van der Waals surface area contributed by atoms with E-state index in [0.717, 1.165) is 27.4 Å². The minimum absolute atomic E-state index is 0.118. The average molecular weight is 682 g/mol. The molecular weight excluding hydrogens is 650 g/mol. The molecule has 50 heavy (non-hydrogen) atoms. The molecule has 1 amide bonds. The quantitative estimate of drug-likeness (QED) is 0.0829. The molecule has 1 saturated heterocycles. The normalized spacial score (nSPS) is 13.4. The Morgan fingerprint density at radius 1 is 0.720 bits per heavy atom. The van der Waals surface area contributed by atoms with Crippen LogP contribution in [0.25, 0.3) is 16.9 Å². The van der Waals surface area contributed by atoms with E-state index in [4.69, 9.17) is 0 Å². The molecule has 5 aromatic rings. The molecule has 4 aromatic carbocycles. The van der Waals surface area contributed by atoms with Crippen molar-refractivity contribution >= 4 is 23.1 Å². The van der Waals surface area contributed by atoms with Crippen molar-refractivity contribution in [1.82, 2.24) is 9.47 Å². The molecule has 0 unspecified atom stereocenters. The van der Waals surface area contributed by atoms with E-state index in [2.05, 4.69) is 4.90 Å². The summed E-state index contributed by atoms with van der Waals surface area (Å²) in [4.78, 5) is 43.1. The summed E-state index contributed by atoms with van der Waals surface area (Å²) in [5.74, 6) is -6.75. The highest BCUT2D eigenvalue weighted by molar-refractivity contribution is 6.41. The summed E-state index contributed by atoms with van der Waals surface area (Å²) in [5.41, 5.74) is 1.90. The number of halogens is 4. The summed E-state index contributed by atoms with van der Waals surface area (Å²) in [5, 5.41) is 11.0. The minimum Gasteiger partial charge on any atom is -0.507 e. The third kappa shape index (κ3) is 7.67. The van der Waals surface area contributed by atoms with Gasteiger partial charge in [0.2, 0.25) is 5.78 Å². The van der Waals surface area contributed by atoms with E-state index in [1.807, 2.05) is 54.6 Å². The first-order chi connectivity index (χ1) is 24.0. The lowest BCUT2D eigenvalue weighted by Crippen LogP contribution is -2.50. The van der Waals surface area contributed by atoms with Crippen LogP contribution in [-0.4, -0.2) is 52.4 Å². The van der Waals surface area contributed by atoms with Crippen molar-refractivity contribution < 1.29 is 32.3 Å². The Kier molecular flexibility index (Phi) is 9.94. The van der Waals surface area contributed by atoms with Crippen molar-refractivity contribution in [3.05, 3.63) is 165 Å². The zero-order chi connectivity index (χ0) is 35.4. The Morgan fingerprint density at radius 2 is 1.38 bits per heavy atom. The van der Waals surface area contributed by atoms with Gasteiger partial charge in [-0.3, -0.25) is 14.4 Å². The molecule has 1 aliphatic rings. The van der Waals surface area contributed by atoms with Crippen LogP contribution in [-0.2, 0) is 22.6 Å². The smallest absolute Gasteiger partial charge is 0.294 e. The number of rotatable bonds is 9. The number of aliphatic hydroxyl groups is 1. The Hall–Kier alpha value is -5.97. The lowest BCUT2D eigenvalue weighted by Gasteiger charge is -2.35. The summed E-state index contributed by atoms with van der Waals surface area (Å²) in [6.45, 7) is 1.21. The second-order valence-corrected chi connectivity index (χ2v) is 11.9. The summed E-state index contributed by atoms with van der Waals surface area (Å²) in [7, 11) is 0. The van der Waals surface area contributed by atoms with Crippen LogP contribution in [0.2, 0.25) is 0 Å². The van der Waals surface area contributed by atoms with Crippen molar-refractivity contribution in [3.8, 4) is 11.1 Å². The van der Waals surface area contributed by atoms with Gasteiger partial charge in [0, 0.05) is 68.3 Å². The number of ketones is 1. The summed E-state index contributed by atoms with van der Waals surface area (Å²) in [6, 6.07) is 25.6. The predicted octanol–water partition coefficient (Wildman–Crippen LogP) is 6.53. The van der Waals surface area contributed by atoms with E-state index in [9.17, 15) is 37.1 Å². The van der Waals surface area contributed by atoms with E-state index >= 15 is 0 Å². The highest BCUT2D eigenvalue weighted by atomic mass is 19.1. The van der Waals surface area contributed by atoms with E-state index in [1.54, 1.807) is 6.07 Å². The fraction of sp³-hybridized carbons (Fsp3) is 0.154. The first-order valence-electron chi connectivity index (χ1n) is 15.8. The molecule has 0 saturated carbocycles. The van der Waals surface area contributed by atoms with Crippen molar-refractivity contribution in [3.63, 3.8) is 0 Å². The Bertz CT molecular complexity index is 2120. The third-order valence-corrected chi connectivity index (χ3v) is 8.53. The number of benzene rings is 4. The molecule has 0 radical (unpaired) electrons. The molecule has 0 atom stereocenters. The maximum absolute atomic E-state index is 14.5. The van der Waals surface area contributed by atoms with Crippen molar-refractivity contribution in [2.24, 2.45) is 0 Å². The zero-order valence-corrected chi connectivity index (χ0v) is 26.7. The number of nitrogens with zero attached hydrogens (tertiary/aromatic N) is 3. The minimum atomic E-state index is -1.16. The van der Waals surface area contributed by atoms with Gasteiger partial charge in [-0.05, 0) is 52.6 Å². The van der Waals surface area contributed by atoms with E-state index in [-0.39, 0.29) is 25.2 Å². The first-order valence-corrected chi connectivity index (χ1v) is 15.8. The van der Waals surface area contributed by atoms with Gasteiger partial charge in [0.15, 0.2) is 0 Å². The number of aliphatic hydroxyl groups excluding tert-OH is 1. The second kappa shape index (κ2) is 14.7. The standard InChI is InChI=1S/C39H31F4N3O4/c40-29-8-4-5-25(17-29)23-46-24-26(18-32-34(42)20-30(41)21-35(32)43)19-33(38(46)49)36(47)22-37(48)39(50)45-15-13-44(14-16-45)31-11-9-28(10-12-31)27-6-2-1-3-7-27/h1-12,17,19-22,24,47H,13-16,18,23H2. The third-order valence-electron chi connectivity index (χ3n) is 8.53. The largest absolute Gasteiger partial charge is 0.507 e. The molecule has 0 bridgehead atoms. The molecule has 11 heteroatoms. The maximum Gasteiger partial charge on any atom is 0.294 e. The number of carbonyl (C=O) groups excluding carboxylic acids is 2. The van der Waals surface area contributed by atoms with Crippen molar-refractivity contribution in [1.29, 1.82) is 0 Å². The second-order valence-electron chi connectivity index (χ2n) is 11.9. The van der Waals surface area contributed by atoms with Crippen molar-refractivity contribution in [2.75, 3.05) is 31.1 Å². The molecule has 0 aliphatic carbocycles. The number of anilines is 1. The molecule has 1 aromatic heterocycles.